The second-order valence-corrected chi connectivity index (χ2v) is 7.37. The number of unbranched alkanes of at least 4 members (excludes halogenated alkanes) is 3. The van der Waals surface area contributed by atoms with E-state index in [-0.39, 0.29) is 12.4 Å². The van der Waals surface area contributed by atoms with Gasteiger partial charge in [0.25, 0.3) is 0 Å². The Morgan fingerprint density at radius 2 is 1.65 bits per heavy atom. The molecule has 1 aliphatic carbocycles. The van der Waals surface area contributed by atoms with Crippen molar-refractivity contribution in [2.75, 3.05) is 6.61 Å². The summed E-state index contributed by atoms with van der Waals surface area (Å²) in [6, 6.07) is 14.4. The van der Waals surface area contributed by atoms with Crippen molar-refractivity contribution in [3.63, 3.8) is 0 Å². The molecule has 2 N–H and O–H groups in total. The Kier molecular flexibility index (Phi) is 6.76. The third-order valence-corrected chi connectivity index (χ3v) is 5.64. The number of rotatable bonds is 7. The normalized spacial score (nSPS) is 14.2. The maximum Gasteiger partial charge on any atom is 0.134 e. The second kappa shape index (κ2) is 9.25. The Morgan fingerprint density at radius 3 is 2.42 bits per heavy atom. The highest BCUT2D eigenvalue weighted by atomic mass is 35.5. The molecule has 0 atom stereocenters. The van der Waals surface area contributed by atoms with Crippen molar-refractivity contribution in [1.29, 1.82) is 0 Å². The standard InChI is InChI=1S/C23H27ClO2/c24-23-21-13-8-12-18(17-9-4-3-5-10-17)19(11-6-1-2-7-16-25)20(21)14-15-22(23)26/h3-5,9-10,14-15,25-26H,1-2,6-8,11-13,16H2. The summed E-state index contributed by atoms with van der Waals surface area (Å²) in [6.07, 6.45) is 8.12. The van der Waals surface area contributed by atoms with Crippen LogP contribution in [0.25, 0.3) is 11.1 Å². The lowest BCUT2D eigenvalue weighted by Crippen LogP contribution is -1.96. The van der Waals surface area contributed by atoms with Crippen molar-refractivity contribution in [1.82, 2.24) is 0 Å². The van der Waals surface area contributed by atoms with Crippen LogP contribution in [0.4, 0.5) is 0 Å². The molecule has 0 saturated carbocycles. The number of aliphatic hydroxyl groups excluding tert-OH is 1. The summed E-state index contributed by atoms with van der Waals surface area (Å²) in [5.74, 6) is 0.177. The Hall–Kier alpha value is -1.77. The first-order valence-electron chi connectivity index (χ1n) is 9.61. The van der Waals surface area contributed by atoms with Gasteiger partial charge in [-0.25, -0.2) is 0 Å². The third kappa shape index (κ3) is 4.31. The smallest absolute Gasteiger partial charge is 0.134 e. The summed E-state index contributed by atoms with van der Waals surface area (Å²) in [4.78, 5) is 0. The average molecular weight is 371 g/mol. The molecule has 0 amide bonds. The van der Waals surface area contributed by atoms with Gasteiger partial charge in [0, 0.05) is 6.61 Å². The molecule has 1 aliphatic rings. The van der Waals surface area contributed by atoms with E-state index in [1.54, 1.807) is 6.07 Å². The van der Waals surface area contributed by atoms with Gasteiger partial charge in [-0.1, -0.05) is 60.8 Å². The van der Waals surface area contributed by atoms with Crippen LogP contribution >= 0.6 is 11.6 Å². The highest BCUT2D eigenvalue weighted by Crippen LogP contribution is 2.42. The summed E-state index contributed by atoms with van der Waals surface area (Å²) in [6.45, 7) is 0.273. The Bertz CT molecular complexity index is 765. The maximum absolute atomic E-state index is 10.0. The minimum absolute atomic E-state index is 0.177. The summed E-state index contributed by atoms with van der Waals surface area (Å²) in [5, 5.41) is 19.5. The Labute approximate surface area is 161 Å². The fourth-order valence-corrected chi connectivity index (χ4v) is 4.16. The topological polar surface area (TPSA) is 40.5 Å². The van der Waals surface area contributed by atoms with Gasteiger partial charge >= 0.3 is 0 Å². The molecule has 3 rings (SSSR count). The number of phenolic OH excluding ortho intramolecular Hbond substituents is 1. The van der Waals surface area contributed by atoms with E-state index in [9.17, 15) is 5.11 Å². The zero-order chi connectivity index (χ0) is 18.4. The van der Waals surface area contributed by atoms with Gasteiger partial charge in [-0.3, -0.25) is 0 Å². The zero-order valence-electron chi connectivity index (χ0n) is 15.2. The van der Waals surface area contributed by atoms with Crippen LogP contribution < -0.4 is 0 Å². The quantitative estimate of drug-likeness (QED) is 0.566. The van der Waals surface area contributed by atoms with E-state index in [0.29, 0.717) is 5.02 Å². The van der Waals surface area contributed by atoms with E-state index in [0.717, 1.165) is 56.9 Å². The molecule has 0 unspecified atom stereocenters. The van der Waals surface area contributed by atoms with Crippen molar-refractivity contribution < 1.29 is 10.2 Å². The van der Waals surface area contributed by atoms with Crippen LogP contribution in [-0.4, -0.2) is 16.8 Å². The summed E-state index contributed by atoms with van der Waals surface area (Å²) in [5.41, 5.74) is 6.35. The molecule has 0 heterocycles. The molecule has 0 radical (unpaired) electrons. The molecule has 0 saturated heterocycles. The number of aromatic hydroxyl groups is 1. The molecule has 0 fully saturated rings. The van der Waals surface area contributed by atoms with E-state index >= 15 is 0 Å². The van der Waals surface area contributed by atoms with Gasteiger partial charge in [-0.15, -0.1) is 0 Å². The van der Waals surface area contributed by atoms with Crippen molar-refractivity contribution in [2.24, 2.45) is 0 Å². The number of halogens is 1. The molecule has 2 aromatic rings. The predicted molar refractivity (Wildman–Crippen MR) is 109 cm³/mol. The molecule has 3 heteroatoms. The first kappa shape index (κ1) is 19.0. The lowest BCUT2D eigenvalue weighted by molar-refractivity contribution is 0.282. The van der Waals surface area contributed by atoms with E-state index in [2.05, 4.69) is 30.3 Å². The van der Waals surface area contributed by atoms with Gasteiger partial charge in [-0.05, 0) is 72.4 Å². The Balaban J connectivity index is 1.99. The fraction of sp³-hybridized carbons (Fsp3) is 0.391. The molecular weight excluding hydrogens is 344 g/mol. The largest absolute Gasteiger partial charge is 0.506 e. The van der Waals surface area contributed by atoms with Crippen molar-refractivity contribution in [3.05, 3.63) is 64.2 Å². The van der Waals surface area contributed by atoms with Crippen LogP contribution in [0.2, 0.25) is 5.02 Å². The van der Waals surface area contributed by atoms with Crippen LogP contribution in [-0.2, 0) is 6.42 Å². The van der Waals surface area contributed by atoms with E-state index in [1.807, 2.05) is 6.07 Å². The molecule has 0 spiro atoms. The van der Waals surface area contributed by atoms with Gasteiger partial charge in [0.1, 0.15) is 5.75 Å². The molecule has 0 aromatic heterocycles. The lowest BCUT2D eigenvalue weighted by Gasteiger charge is -2.17. The third-order valence-electron chi connectivity index (χ3n) is 5.22. The SMILES string of the molecule is OCCCCCCC1=C(c2ccccc2)CCCc2c1ccc(O)c2Cl. The van der Waals surface area contributed by atoms with Gasteiger partial charge in [0.15, 0.2) is 0 Å². The highest BCUT2D eigenvalue weighted by Gasteiger charge is 2.21. The Morgan fingerprint density at radius 1 is 0.885 bits per heavy atom. The minimum atomic E-state index is 0.177. The van der Waals surface area contributed by atoms with Crippen molar-refractivity contribution >= 4 is 22.7 Å². The molecule has 138 valence electrons. The number of phenols is 1. The number of aliphatic hydroxyl groups is 1. The van der Waals surface area contributed by atoms with E-state index < -0.39 is 0 Å². The van der Waals surface area contributed by atoms with Gasteiger partial charge < -0.3 is 10.2 Å². The number of benzene rings is 2. The number of hydrogen-bond acceptors (Lipinski definition) is 2. The van der Waals surface area contributed by atoms with Gasteiger partial charge in [0.2, 0.25) is 0 Å². The fourth-order valence-electron chi connectivity index (χ4n) is 3.90. The highest BCUT2D eigenvalue weighted by molar-refractivity contribution is 6.33. The van der Waals surface area contributed by atoms with Crippen molar-refractivity contribution in [2.45, 2.75) is 51.4 Å². The van der Waals surface area contributed by atoms with Gasteiger partial charge in [0.05, 0.1) is 5.02 Å². The summed E-state index contributed by atoms with van der Waals surface area (Å²) in [7, 11) is 0. The number of allylic oxidation sites excluding steroid dienone is 2. The molecule has 0 aliphatic heterocycles. The number of fused-ring (bicyclic) bond motifs is 1. The molecular formula is C23H27ClO2. The van der Waals surface area contributed by atoms with Crippen LogP contribution in [0.15, 0.2) is 42.5 Å². The minimum Gasteiger partial charge on any atom is -0.506 e. The van der Waals surface area contributed by atoms with Crippen LogP contribution in [0, 0.1) is 0 Å². The maximum atomic E-state index is 10.0. The lowest BCUT2D eigenvalue weighted by atomic mass is 9.89. The molecule has 26 heavy (non-hydrogen) atoms. The van der Waals surface area contributed by atoms with Crippen LogP contribution in [0.1, 0.15) is 61.6 Å². The monoisotopic (exact) mass is 370 g/mol. The first-order chi connectivity index (χ1) is 12.7. The molecule has 2 aromatic carbocycles. The zero-order valence-corrected chi connectivity index (χ0v) is 15.9. The van der Waals surface area contributed by atoms with Crippen molar-refractivity contribution in [3.8, 4) is 5.75 Å². The summed E-state index contributed by atoms with van der Waals surface area (Å²) >= 11 is 6.44. The van der Waals surface area contributed by atoms with Crippen LogP contribution in [0.3, 0.4) is 0 Å². The van der Waals surface area contributed by atoms with Crippen LogP contribution in [0.5, 0.6) is 5.75 Å². The van der Waals surface area contributed by atoms with E-state index in [4.69, 9.17) is 16.7 Å². The van der Waals surface area contributed by atoms with E-state index in [1.165, 1.54) is 22.3 Å². The predicted octanol–water partition coefficient (Wildman–Crippen LogP) is 6.24. The average Bonchev–Trinajstić information content (AvgIpc) is 2.85. The number of hydrogen-bond donors (Lipinski definition) is 2. The summed E-state index contributed by atoms with van der Waals surface area (Å²) < 4.78 is 0. The first-order valence-corrected chi connectivity index (χ1v) is 9.99. The molecule has 0 bridgehead atoms. The van der Waals surface area contributed by atoms with Gasteiger partial charge in [-0.2, -0.15) is 0 Å². The molecule has 2 nitrogen and oxygen atoms in total. The second-order valence-electron chi connectivity index (χ2n) is 6.99.